The van der Waals surface area contributed by atoms with Crippen molar-refractivity contribution in [2.45, 2.75) is 6.54 Å². The highest BCUT2D eigenvalue weighted by atomic mass is 35.5. The second-order valence-electron chi connectivity index (χ2n) is 5.57. The monoisotopic (exact) mass is 468 g/mol. The fourth-order valence-electron chi connectivity index (χ4n) is 1.84. The second-order valence-corrected chi connectivity index (χ2v) is 9.07. The minimum Gasteiger partial charge on any atom is -0.326 e. The zero-order valence-electron chi connectivity index (χ0n) is 15.3. The van der Waals surface area contributed by atoms with Gasteiger partial charge in [-0.05, 0) is 35.9 Å². The summed E-state index contributed by atoms with van der Waals surface area (Å²) in [5.74, 6) is -1.40. The van der Waals surface area contributed by atoms with E-state index in [1.807, 2.05) is 4.72 Å². The Morgan fingerprint density at radius 2 is 1.38 bits per heavy atom. The fourth-order valence-corrected chi connectivity index (χ4v) is 2.97. The number of nitrogens with zero attached hydrogens (tertiary/aromatic N) is 1. The van der Waals surface area contributed by atoms with Gasteiger partial charge in [-0.25, -0.2) is 25.6 Å². The molecule has 13 heteroatoms. The van der Waals surface area contributed by atoms with Gasteiger partial charge >= 0.3 is 0 Å². The minimum atomic E-state index is -3.49. The lowest BCUT2D eigenvalue weighted by atomic mass is 10.2. The van der Waals surface area contributed by atoms with Crippen molar-refractivity contribution in [2.75, 3.05) is 22.0 Å². The molecule has 0 aliphatic carbocycles. The molecule has 0 radical (unpaired) electrons. The molecule has 0 aliphatic rings. The van der Waals surface area contributed by atoms with Gasteiger partial charge in [-0.3, -0.25) is 9.44 Å². The van der Waals surface area contributed by atoms with Crippen LogP contribution in [0.2, 0.25) is 0 Å². The number of rotatable bonds is 5. The van der Waals surface area contributed by atoms with Gasteiger partial charge in [0.25, 0.3) is 0 Å². The molecule has 0 atom stereocenters. The Kier molecular flexibility index (Phi) is 9.99. The van der Waals surface area contributed by atoms with Crippen LogP contribution in [0.3, 0.4) is 0 Å². The third kappa shape index (κ3) is 10.0. The van der Waals surface area contributed by atoms with Gasteiger partial charge in [0, 0.05) is 6.54 Å². The quantitative estimate of drug-likeness (QED) is 0.613. The topological polar surface area (TPSA) is 142 Å². The van der Waals surface area contributed by atoms with Crippen LogP contribution >= 0.6 is 12.4 Å². The summed E-state index contributed by atoms with van der Waals surface area (Å²) in [7, 11) is -6.93. The molecule has 0 spiro atoms. The molecular weight excluding hydrogens is 450 g/mol. The van der Waals surface area contributed by atoms with E-state index in [0.29, 0.717) is 5.56 Å². The molecular formula is C16H19ClF2N4O4S2. The van der Waals surface area contributed by atoms with E-state index in [2.05, 4.69) is 4.72 Å². The smallest absolute Gasteiger partial charge is 0.229 e. The second kappa shape index (κ2) is 10.9. The Morgan fingerprint density at radius 1 is 0.931 bits per heavy atom. The predicted molar refractivity (Wildman–Crippen MR) is 110 cm³/mol. The maximum Gasteiger partial charge on any atom is 0.229 e. The van der Waals surface area contributed by atoms with Crippen LogP contribution in [-0.2, 0) is 26.6 Å². The summed E-state index contributed by atoms with van der Waals surface area (Å²) in [6.45, 7) is 0.218. The average molecular weight is 469 g/mol. The molecule has 0 aromatic heterocycles. The van der Waals surface area contributed by atoms with Gasteiger partial charge in [0.05, 0.1) is 35.5 Å². The molecule has 0 bridgehead atoms. The van der Waals surface area contributed by atoms with Crippen LogP contribution in [0, 0.1) is 23.0 Å². The van der Waals surface area contributed by atoms with Crippen LogP contribution < -0.4 is 15.2 Å². The zero-order chi connectivity index (χ0) is 21.5. The van der Waals surface area contributed by atoms with Gasteiger partial charge in [0.15, 0.2) is 0 Å². The van der Waals surface area contributed by atoms with Gasteiger partial charge in [0.2, 0.25) is 20.0 Å². The Bertz CT molecular complexity index is 1100. The lowest BCUT2D eigenvalue weighted by molar-refractivity contribution is 0.602. The average Bonchev–Trinajstić information content (AvgIpc) is 2.57. The van der Waals surface area contributed by atoms with Crippen LogP contribution in [0.25, 0.3) is 0 Å². The molecule has 0 saturated carbocycles. The van der Waals surface area contributed by atoms with Gasteiger partial charge in [-0.2, -0.15) is 5.26 Å². The summed E-state index contributed by atoms with van der Waals surface area (Å²) in [5.41, 5.74) is 5.82. The molecule has 0 unspecified atom stereocenters. The van der Waals surface area contributed by atoms with Crippen molar-refractivity contribution in [3.05, 3.63) is 59.2 Å². The number of hydrogen-bond donors (Lipinski definition) is 3. The van der Waals surface area contributed by atoms with Gasteiger partial charge < -0.3 is 5.73 Å². The third-order valence-corrected chi connectivity index (χ3v) is 4.14. The molecule has 2 aromatic carbocycles. The number of nitrogens with one attached hydrogen (secondary N) is 2. The first-order chi connectivity index (χ1) is 12.8. The van der Waals surface area contributed by atoms with Gasteiger partial charge in [-0.1, -0.05) is 6.07 Å². The molecule has 0 heterocycles. The Balaban J connectivity index is 0.000000523. The first-order valence-corrected chi connectivity index (χ1v) is 11.3. The minimum absolute atomic E-state index is 0. The lowest BCUT2D eigenvalue weighted by Crippen LogP contribution is -2.11. The molecule has 2 aromatic rings. The number of halogens is 3. The standard InChI is InChI=1S/C8H11FN2O2S.C8H7FN2O2S.ClH/c2*1-14(12,13)11-8-3-2-6(5-10)4-7(8)9;/h2-4,11H,5,10H2,1H3;2-4,11H,1H3;1H. The number of hydrogen-bond acceptors (Lipinski definition) is 6. The van der Waals surface area contributed by atoms with E-state index in [1.165, 1.54) is 24.3 Å². The number of nitriles is 1. The van der Waals surface area contributed by atoms with E-state index < -0.39 is 31.7 Å². The molecule has 8 nitrogen and oxygen atoms in total. The first kappa shape index (κ1) is 26.5. The molecule has 0 fully saturated rings. The summed E-state index contributed by atoms with van der Waals surface area (Å²) < 4.78 is 73.5. The van der Waals surface area contributed by atoms with Crippen LogP contribution in [0.4, 0.5) is 20.2 Å². The van der Waals surface area contributed by atoms with Crippen molar-refractivity contribution in [2.24, 2.45) is 5.73 Å². The van der Waals surface area contributed by atoms with Crippen molar-refractivity contribution in [3.8, 4) is 6.07 Å². The fraction of sp³-hybridized carbons (Fsp3) is 0.188. The molecule has 4 N–H and O–H groups in total. The van der Waals surface area contributed by atoms with E-state index in [4.69, 9.17) is 11.0 Å². The number of nitrogens with two attached hydrogens (primary N) is 1. The van der Waals surface area contributed by atoms with Crippen LogP contribution in [0.15, 0.2) is 36.4 Å². The molecule has 0 aliphatic heterocycles. The number of sulfonamides is 2. The normalized spacial score (nSPS) is 10.6. The summed E-state index contributed by atoms with van der Waals surface area (Å²) in [5, 5.41) is 8.43. The number of benzene rings is 2. The van der Waals surface area contributed by atoms with Gasteiger partial charge in [-0.15, -0.1) is 12.4 Å². The summed E-state index contributed by atoms with van der Waals surface area (Å²) in [4.78, 5) is 0. The van der Waals surface area contributed by atoms with Crippen molar-refractivity contribution in [3.63, 3.8) is 0 Å². The van der Waals surface area contributed by atoms with E-state index in [9.17, 15) is 25.6 Å². The summed E-state index contributed by atoms with van der Waals surface area (Å²) >= 11 is 0. The molecule has 160 valence electrons. The first-order valence-electron chi connectivity index (χ1n) is 7.48. The predicted octanol–water partition coefficient (Wildman–Crippen LogP) is 2.15. The molecule has 29 heavy (non-hydrogen) atoms. The maximum absolute atomic E-state index is 13.2. The largest absolute Gasteiger partial charge is 0.326 e. The van der Waals surface area contributed by atoms with Crippen molar-refractivity contribution in [1.29, 1.82) is 5.26 Å². The lowest BCUT2D eigenvalue weighted by Gasteiger charge is -2.06. The van der Waals surface area contributed by atoms with Crippen molar-refractivity contribution in [1.82, 2.24) is 0 Å². The van der Waals surface area contributed by atoms with Crippen LogP contribution in [0.1, 0.15) is 11.1 Å². The zero-order valence-corrected chi connectivity index (χ0v) is 17.8. The highest BCUT2D eigenvalue weighted by molar-refractivity contribution is 7.92. The van der Waals surface area contributed by atoms with Crippen LogP contribution in [0.5, 0.6) is 0 Å². The third-order valence-electron chi connectivity index (χ3n) is 2.96. The molecule has 0 saturated heterocycles. The molecule has 0 amide bonds. The van der Waals surface area contributed by atoms with E-state index in [0.717, 1.165) is 18.6 Å². The van der Waals surface area contributed by atoms with E-state index in [1.54, 1.807) is 12.1 Å². The Morgan fingerprint density at radius 3 is 1.72 bits per heavy atom. The van der Waals surface area contributed by atoms with Crippen molar-refractivity contribution >= 4 is 43.8 Å². The Hall–Kier alpha value is -2.46. The highest BCUT2D eigenvalue weighted by Crippen LogP contribution is 2.17. The Labute approximate surface area is 174 Å². The van der Waals surface area contributed by atoms with Crippen LogP contribution in [-0.4, -0.2) is 29.3 Å². The van der Waals surface area contributed by atoms with E-state index >= 15 is 0 Å². The number of anilines is 2. The van der Waals surface area contributed by atoms with E-state index in [-0.39, 0.29) is 35.9 Å². The molecule has 2 rings (SSSR count). The highest BCUT2D eigenvalue weighted by Gasteiger charge is 2.08. The van der Waals surface area contributed by atoms with Crippen molar-refractivity contribution < 1.29 is 25.6 Å². The summed E-state index contributed by atoms with van der Waals surface area (Å²) in [6, 6.07) is 9.35. The van der Waals surface area contributed by atoms with Gasteiger partial charge in [0.1, 0.15) is 11.6 Å². The summed E-state index contributed by atoms with van der Waals surface area (Å²) in [6.07, 6.45) is 1.88. The SMILES string of the molecule is CS(=O)(=O)Nc1ccc(C#N)cc1F.CS(=O)(=O)Nc1ccc(CN)cc1F.Cl. The maximum atomic E-state index is 13.2.